The number of oxime groups is 2. The molecule has 0 atom stereocenters. The number of carbonyl (C=O) groups is 2. The Hall–Kier alpha value is -5.72. The molecule has 4 aromatic carbocycles. The first-order chi connectivity index (χ1) is 23.3. The van der Waals surface area contributed by atoms with Crippen molar-refractivity contribution >= 4 is 23.3 Å². The highest BCUT2D eigenvalue weighted by Crippen LogP contribution is 2.21. The van der Waals surface area contributed by atoms with Gasteiger partial charge >= 0.3 is 5.97 Å². The van der Waals surface area contributed by atoms with Crippen LogP contribution >= 0.6 is 0 Å². The number of ether oxygens (including phenoxy) is 3. The molecule has 0 unspecified atom stereocenters. The van der Waals surface area contributed by atoms with Crippen LogP contribution in [-0.4, -0.2) is 56.9 Å². The van der Waals surface area contributed by atoms with E-state index in [4.69, 9.17) is 29.1 Å². The minimum atomic E-state index is -0.754. The van der Waals surface area contributed by atoms with Crippen LogP contribution in [0.5, 0.6) is 11.5 Å². The Morgan fingerprint density at radius 1 is 0.646 bits per heavy atom. The van der Waals surface area contributed by atoms with Gasteiger partial charge in [0.15, 0.2) is 11.4 Å². The second kappa shape index (κ2) is 21.1. The van der Waals surface area contributed by atoms with E-state index >= 15 is 0 Å². The maximum absolute atomic E-state index is 11.9. The summed E-state index contributed by atoms with van der Waals surface area (Å²) < 4.78 is 16.4. The summed E-state index contributed by atoms with van der Waals surface area (Å²) in [6.07, 6.45) is 0. The Bertz CT molecular complexity index is 1550. The largest absolute Gasteiger partial charge is 0.489 e. The van der Waals surface area contributed by atoms with Crippen LogP contribution in [0, 0.1) is 13.8 Å². The molecule has 0 aliphatic rings. The van der Waals surface area contributed by atoms with Crippen LogP contribution < -0.4 is 20.7 Å². The lowest BCUT2D eigenvalue weighted by Gasteiger charge is -2.13. The van der Waals surface area contributed by atoms with E-state index in [1.807, 2.05) is 92.7 Å². The lowest BCUT2D eigenvalue weighted by atomic mass is 10.0. The summed E-state index contributed by atoms with van der Waals surface area (Å²) in [6, 6.07) is 29.9. The van der Waals surface area contributed by atoms with Crippen LogP contribution in [0.4, 0.5) is 0 Å². The van der Waals surface area contributed by atoms with Gasteiger partial charge in [0, 0.05) is 11.1 Å². The van der Waals surface area contributed by atoms with Crippen LogP contribution in [0.3, 0.4) is 0 Å². The van der Waals surface area contributed by atoms with Crippen molar-refractivity contribution in [3.8, 4) is 11.5 Å². The molecule has 1 amide bonds. The first kappa shape index (κ1) is 38.5. The standard InChI is InChI=1S/C18H19NO4.C17H18N2O4.CH5N/c1-13-8-4-7-11-16(13)23-12-14-9-5-6-10-15(14)17(19-22-3)18(20)21-2;1-12-7-3-6-10-15(12)23-11-13-8-4-5-9-14(13)16(19-22-2)17(20)18-21;1-2/h4-11H,12H2,1-3H3;3-10,21H,11H2,1-2H3,(H,18,20);2H2,1H3. The van der Waals surface area contributed by atoms with Gasteiger partial charge in [0.1, 0.15) is 38.9 Å². The minimum absolute atomic E-state index is 0.0287. The molecule has 0 bridgehead atoms. The number of esters is 1. The first-order valence-corrected chi connectivity index (χ1v) is 14.7. The molecule has 0 fully saturated rings. The molecule has 0 heterocycles. The average molecular weight is 659 g/mol. The zero-order valence-electron chi connectivity index (χ0n) is 27.9. The van der Waals surface area contributed by atoms with E-state index in [9.17, 15) is 9.59 Å². The maximum Gasteiger partial charge on any atom is 0.360 e. The number of hydrogen-bond donors (Lipinski definition) is 3. The molecule has 0 aliphatic heterocycles. The Labute approximate surface area is 280 Å². The molecular weight excluding hydrogens is 616 g/mol. The SMILES string of the molecule is CN.CON=C(C(=O)NO)c1ccccc1COc1ccccc1C.CON=C(C(=O)OC)c1ccccc1COc1ccccc1C. The van der Waals surface area contributed by atoms with Crippen molar-refractivity contribution in [1.29, 1.82) is 0 Å². The number of hydroxylamine groups is 1. The van der Waals surface area contributed by atoms with Crippen LogP contribution in [0.1, 0.15) is 33.4 Å². The summed E-state index contributed by atoms with van der Waals surface area (Å²) in [6.45, 7) is 4.50. The van der Waals surface area contributed by atoms with Crippen LogP contribution in [-0.2, 0) is 37.2 Å². The van der Waals surface area contributed by atoms with Gasteiger partial charge < -0.3 is 29.6 Å². The number of amides is 1. The highest BCUT2D eigenvalue weighted by atomic mass is 16.6. The number of para-hydroxylation sites is 2. The Morgan fingerprint density at radius 2 is 1.04 bits per heavy atom. The van der Waals surface area contributed by atoms with Crippen molar-refractivity contribution in [2.45, 2.75) is 27.1 Å². The third-order valence-corrected chi connectivity index (χ3v) is 6.56. The molecule has 0 saturated carbocycles. The van der Waals surface area contributed by atoms with Gasteiger partial charge in [-0.25, -0.2) is 10.3 Å². The lowest BCUT2D eigenvalue weighted by Crippen LogP contribution is -2.30. The van der Waals surface area contributed by atoms with E-state index in [0.717, 1.165) is 33.8 Å². The molecular formula is C36H42N4O8. The quantitative estimate of drug-likeness (QED) is 0.0813. The molecule has 12 nitrogen and oxygen atoms in total. The highest BCUT2D eigenvalue weighted by molar-refractivity contribution is 6.45. The molecule has 0 aromatic heterocycles. The fraction of sp³-hybridized carbons (Fsp3) is 0.222. The van der Waals surface area contributed by atoms with Crippen molar-refractivity contribution in [1.82, 2.24) is 5.48 Å². The summed E-state index contributed by atoms with van der Waals surface area (Å²) in [7, 11) is 5.52. The van der Waals surface area contributed by atoms with Gasteiger partial charge in [-0.05, 0) is 55.3 Å². The van der Waals surface area contributed by atoms with Gasteiger partial charge in [0.2, 0.25) is 0 Å². The predicted octanol–water partition coefficient (Wildman–Crippen LogP) is 5.10. The van der Waals surface area contributed by atoms with Crippen LogP contribution in [0.25, 0.3) is 0 Å². The van der Waals surface area contributed by atoms with Crippen LogP contribution in [0.15, 0.2) is 107 Å². The summed E-state index contributed by atoms with van der Waals surface area (Å²) in [4.78, 5) is 33.1. The van der Waals surface area contributed by atoms with E-state index in [-0.39, 0.29) is 18.0 Å². The van der Waals surface area contributed by atoms with Gasteiger partial charge in [-0.15, -0.1) is 0 Å². The van der Waals surface area contributed by atoms with E-state index in [2.05, 4.69) is 16.0 Å². The topological polar surface area (TPSA) is 163 Å². The van der Waals surface area contributed by atoms with Crippen molar-refractivity contribution in [3.05, 3.63) is 130 Å². The van der Waals surface area contributed by atoms with Crippen LogP contribution in [0.2, 0.25) is 0 Å². The molecule has 0 radical (unpaired) electrons. The number of aryl methyl sites for hydroxylation is 2. The van der Waals surface area contributed by atoms with Gasteiger partial charge in [-0.1, -0.05) is 95.2 Å². The monoisotopic (exact) mass is 658 g/mol. The predicted molar refractivity (Wildman–Crippen MR) is 183 cm³/mol. The van der Waals surface area contributed by atoms with Gasteiger partial charge in [0.05, 0.1) is 7.11 Å². The zero-order chi connectivity index (χ0) is 35.3. The molecule has 4 rings (SSSR count). The molecule has 0 aliphatic carbocycles. The summed E-state index contributed by atoms with van der Waals surface area (Å²) in [5.74, 6) is 0.245. The van der Waals surface area contributed by atoms with Gasteiger partial charge in [0.25, 0.3) is 5.91 Å². The molecule has 4 N–H and O–H groups in total. The third-order valence-electron chi connectivity index (χ3n) is 6.56. The highest BCUT2D eigenvalue weighted by Gasteiger charge is 2.20. The minimum Gasteiger partial charge on any atom is -0.489 e. The number of nitrogens with one attached hydrogen (secondary N) is 1. The number of rotatable bonds is 12. The smallest absolute Gasteiger partial charge is 0.360 e. The number of benzene rings is 4. The first-order valence-electron chi connectivity index (χ1n) is 14.7. The summed E-state index contributed by atoms with van der Waals surface area (Å²) in [5, 5.41) is 16.3. The van der Waals surface area contributed by atoms with Gasteiger partial charge in [-0.3, -0.25) is 10.0 Å². The third kappa shape index (κ3) is 11.3. The average Bonchev–Trinajstić information content (AvgIpc) is 3.13. The summed E-state index contributed by atoms with van der Waals surface area (Å²) >= 11 is 0. The Kier molecular flexibility index (Phi) is 16.9. The van der Waals surface area contributed by atoms with Crippen molar-refractivity contribution < 1.29 is 38.7 Å². The number of nitrogens with two attached hydrogens (primary N) is 1. The number of hydrogen-bond acceptors (Lipinski definition) is 11. The number of nitrogens with zero attached hydrogens (tertiary/aromatic N) is 2. The van der Waals surface area contributed by atoms with E-state index in [1.165, 1.54) is 28.4 Å². The fourth-order valence-corrected chi connectivity index (χ4v) is 4.24. The molecule has 4 aromatic rings. The van der Waals surface area contributed by atoms with Crippen molar-refractivity contribution in [2.24, 2.45) is 16.0 Å². The summed E-state index contributed by atoms with van der Waals surface area (Å²) in [5.41, 5.74) is 10.9. The van der Waals surface area contributed by atoms with E-state index in [1.54, 1.807) is 23.7 Å². The fourth-order valence-electron chi connectivity index (χ4n) is 4.24. The number of methoxy groups -OCH3 is 1. The van der Waals surface area contributed by atoms with Crippen molar-refractivity contribution in [3.63, 3.8) is 0 Å². The Morgan fingerprint density at radius 3 is 1.46 bits per heavy atom. The Balaban J connectivity index is 0.000000317. The lowest BCUT2D eigenvalue weighted by molar-refractivity contribution is -0.132. The normalized spacial score (nSPS) is 10.7. The second-order valence-corrected chi connectivity index (χ2v) is 9.60. The zero-order valence-corrected chi connectivity index (χ0v) is 27.9. The molecule has 12 heteroatoms. The van der Waals surface area contributed by atoms with Crippen molar-refractivity contribution in [2.75, 3.05) is 28.4 Å². The number of carbonyl (C=O) groups excluding carboxylic acids is 2. The molecule has 0 saturated heterocycles. The second-order valence-electron chi connectivity index (χ2n) is 9.60. The molecule has 48 heavy (non-hydrogen) atoms. The van der Waals surface area contributed by atoms with E-state index in [0.29, 0.717) is 17.7 Å². The van der Waals surface area contributed by atoms with Gasteiger partial charge in [-0.2, -0.15) is 0 Å². The maximum atomic E-state index is 11.9. The molecule has 254 valence electrons. The van der Waals surface area contributed by atoms with E-state index < -0.39 is 11.9 Å². The molecule has 0 spiro atoms.